The van der Waals surface area contributed by atoms with E-state index < -0.39 is 0 Å². The van der Waals surface area contributed by atoms with E-state index in [1.807, 2.05) is 89.8 Å². The van der Waals surface area contributed by atoms with Crippen LogP contribution in [0.1, 0.15) is 33.6 Å². The molecule has 0 saturated carbocycles. The van der Waals surface area contributed by atoms with Gasteiger partial charge in [0.1, 0.15) is 0 Å². The highest BCUT2D eigenvalue weighted by Gasteiger charge is 2.24. The average molecular weight is 475 g/mol. The van der Waals surface area contributed by atoms with Gasteiger partial charge in [-0.15, -0.1) is 0 Å². The van der Waals surface area contributed by atoms with Gasteiger partial charge in [0, 0.05) is 30.8 Å². The van der Waals surface area contributed by atoms with Crippen molar-refractivity contribution in [2.75, 3.05) is 19.6 Å². The van der Waals surface area contributed by atoms with Crippen LogP contribution in [0.2, 0.25) is 0 Å². The zero-order valence-electron chi connectivity index (χ0n) is 20.3. The van der Waals surface area contributed by atoms with Crippen LogP contribution in [-0.2, 0) is 0 Å². The zero-order chi connectivity index (χ0) is 24.7. The van der Waals surface area contributed by atoms with Crippen LogP contribution < -0.4 is 5.32 Å². The highest BCUT2D eigenvalue weighted by molar-refractivity contribution is 5.95. The maximum Gasteiger partial charge on any atom is 0.253 e. The minimum atomic E-state index is -0.0494. The van der Waals surface area contributed by atoms with Crippen LogP contribution in [-0.4, -0.2) is 36.3 Å². The Morgan fingerprint density at radius 1 is 0.611 bits per heavy atom. The molecule has 1 saturated heterocycles. The van der Waals surface area contributed by atoms with Crippen molar-refractivity contribution < 1.29 is 9.59 Å². The number of benzene rings is 4. The molecule has 1 aliphatic heterocycles. The highest BCUT2D eigenvalue weighted by Crippen LogP contribution is 2.23. The van der Waals surface area contributed by atoms with Crippen LogP contribution in [0.25, 0.3) is 22.3 Å². The summed E-state index contributed by atoms with van der Waals surface area (Å²) >= 11 is 0. The van der Waals surface area contributed by atoms with E-state index in [9.17, 15) is 9.59 Å². The van der Waals surface area contributed by atoms with Crippen LogP contribution in [0.15, 0.2) is 109 Å². The van der Waals surface area contributed by atoms with Crippen LogP contribution >= 0.6 is 0 Å². The molecule has 0 aliphatic carbocycles. The Morgan fingerprint density at radius 2 is 1.06 bits per heavy atom. The predicted octanol–water partition coefficient (Wildman–Crippen LogP) is 6.30. The SMILES string of the molecule is O=C(NCC1CCN(C(=O)c2ccc(-c3ccccc3)cc2)CC1)c1ccc(-c2ccccc2)cc1. The maximum absolute atomic E-state index is 13.0. The van der Waals surface area contributed by atoms with Crippen molar-refractivity contribution in [2.24, 2.45) is 5.92 Å². The molecule has 0 atom stereocenters. The Hall–Kier alpha value is -4.18. The topological polar surface area (TPSA) is 49.4 Å². The van der Waals surface area contributed by atoms with Gasteiger partial charge in [-0.05, 0) is 65.3 Å². The molecule has 0 aromatic heterocycles. The summed E-state index contributed by atoms with van der Waals surface area (Å²) in [6.07, 6.45) is 1.78. The second-order valence-corrected chi connectivity index (χ2v) is 9.33. The summed E-state index contributed by atoms with van der Waals surface area (Å²) in [5, 5.41) is 3.08. The number of hydrogen-bond donors (Lipinski definition) is 1. The third-order valence-electron chi connectivity index (χ3n) is 6.95. The van der Waals surface area contributed by atoms with Crippen molar-refractivity contribution >= 4 is 11.8 Å². The predicted molar refractivity (Wildman–Crippen MR) is 145 cm³/mol. The molecule has 4 nitrogen and oxygen atoms in total. The normalized spacial score (nSPS) is 13.8. The van der Waals surface area contributed by atoms with Crippen molar-refractivity contribution in [1.82, 2.24) is 10.2 Å². The number of carbonyl (C=O) groups is 2. The van der Waals surface area contributed by atoms with E-state index in [2.05, 4.69) is 29.6 Å². The zero-order valence-corrected chi connectivity index (χ0v) is 20.3. The second-order valence-electron chi connectivity index (χ2n) is 9.33. The number of piperidine rings is 1. The standard InChI is InChI=1S/C32H30N2O2/c35-31(29-15-11-27(12-16-29)25-7-3-1-4-8-25)33-23-24-19-21-34(22-20-24)32(36)30-17-13-28(14-18-30)26-9-5-2-6-10-26/h1-18,24H,19-23H2,(H,33,35). The van der Waals surface area contributed by atoms with E-state index in [-0.39, 0.29) is 11.8 Å². The Kier molecular flexibility index (Phi) is 7.23. The molecule has 1 heterocycles. The van der Waals surface area contributed by atoms with Crippen LogP contribution in [0.4, 0.5) is 0 Å². The number of hydrogen-bond acceptors (Lipinski definition) is 2. The second kappa shape index (κ2) is 11.0. The van der Waals surface area contributed by atoms with Crippen LogP contribution in [0, 0.1) is 5.92 Å². The lowest BCUT2D eigenvalue weighted by atomic mass is 9.95. The first-order chi connectivity index (χ1) is 17.7. The Morgan fingerprint density at radius 3 is 1.56 bits per heavy atom. The number of nitrogens with zero attached hydrogens (tertiary/aromatic N) is 1. The van der Waals surface area contributed by atoms with Gasteiger partial charge in [-0.3, -0.25) is 9.59 Å². The average Bonchev–Trinajstić information content (AvgIpc) is 2.97. The Balaban J connectivity index is 1.09. The fraction of sp³-hybridized carbons (Fsp3) is 0.188. The van der Waals surface area contributed by atoms with Crippen molar-refractivity contribution in [3.05, 3.63) is 120 Å². The van der Waals surface area contributed by atoms with Gasteiger partial charge in [0.15, 0.2) is 0 Å². The third-order valence-corrected chi connectivity index (χ3v) is 6.95. The van der Waals surface area contributed by atoms with Crippen LogP contribution in [0.3, 0.4) is 0 Å². The van der Waals surface area contributed by atoms with Gasteiger partial charge < -0.3 is 10.2 Å². The summed E-state index contributed by atoms with van der Waals surface area (Å²) in [7, 11) is 0. The van der Waals surface area contributed by atoms with E-state index in [1.165, 1.54) is 0 Å². The summed E-state index contributed by atoms with van der Waals surface area (Å²) in [6.45, 7) is 2.06. The summed E-state index contributed by atoms with van der Waals surface area (Å²) in [5.41, 5.74) is 5.88. The van der Waals surface area contributed by atoms with Crippen molar-refractivity contribution in [2.45, 2.75) is 12.8 Å². The van der Waals surface area contributed by atoms with E-state index in [0.717, 1.165) is 40.7 Å². The third kappa shape index (κ3) is 5.55. The molecular formula is C32H30N2O2. The monoisotopic (exact) mass is 474 g/mol. The first kappa shape index (κ1) is 23.6. The van der Waals surface area contributed by atoms with Gasteiger partial charge in [0.2, 0.25) is 0 Å². The van der Waals surface area contributed by atoms with Gasteiger partial charge in [-0.1, -0.05) is 84.9 Å². The molecule has 1 fully saturated rings. The minimum Gasteiger partial charge on any atom is -0.352 e. The van der Waals surface area contributed by atoms with Gasteiger partial charge in [-0.25, -0.2) is 0 Å². The smallest absolute Gasteiger partial charge is 0.253 e. The lowest BCUT2D eigenvalue weighted by Crippen LogP contribution is -2.41. The summed E-state index contributed by atoms with van der Waals surface area (Å²) in [4.78, 5) is 27.6. The van der Waals surface area contributed by atoms with Crippen molar-refractivity contribution in [1.29, 1.82) is 0 Å². The van der Waals surface area contributed by atoms with E-state index in [4.69, 9.17) is 0 Å². The molecule has 0 unspecified atom stereocenters. The molecule has 4 aromatic carbocycles. The molecule has 2 amide bonds. The molecule has 0 radical (unpaired) electrons. The summed E-state index contributed by atoms with van der Waals surface area (Å²) < 4.78 is 0. The fourth-order valence-corrected chi connectivity index (χ4v) is 4.74. The largest absolute Gasteiger partial charge is 0.352 e. The molecular weight excluding hydrogens is 444 g/mol. The minimum absolute atomic E-state index is 0.0494. The molecule has 5 rings (SSSR count). The number of nitrogens with one attached hydrogen (secondary N) is 1. The summed E-state index contributed by atoms with van der Waals surface area (Å²) in [6, 6.07) is 35.9. The molecule has 0 spiro atoms. The van der Waals surface area contributed by atoms with Gasteiger partial charge in [0.25, 0.3) is 11.8 Å². The molecule has 180 valence electrons. The molecule has 0 bridgehead atoms. The molecule has 4 heteroatoms. The highest BCUT2D eigenvalue weighted by atomic mass is 16.2. The number of amides is 2. The lowest BCUT2D eigenvalue weighted by molar-refractivity contribution is 0.0684. The number of likely N-dealkylation sites (tertiary alicyclic amines) is 1. The van der Waals surface area contributed by atoms with E-state index >= 15 is 0 Å². The molecule has 4 aromatic rings. The van der Waals surface area contributed by atoms with Gasteiger partial charge in [0.05, 0.1) is 0 Å². The van der Waals surface area contributed by atoms with Crippen molar-refractivity contribution in [3.63, 3.8) is 0 Å². The molecule has 1 N–H and O–H groups in total. The number of rotatable bonds is 6. The molecule has 36 heavy (non-hydrogen) atoms. The first-order valence-electron chi connectivity index (χ1n) is 12.6. The quantitative estimate of drug-likeness (QED) is 0.356. The maximum atomic E-state index is 13.0. The van der Waals surface area contributed by atoms with Gasteiger partial charge in [-0.2, -0.15) is 0 Å². The number of carbonyl (C=O) groups excluding carboxylic acids is 2. The lowest BCUT2D eigenvalue weighted by Gasteiger charge is -2.32. The van der Waals surface area contributed by atoms with Gasteiger partial charge >= 0.3 is 0 Å². The first-order valence-corrected chi connectivity index (χ1v) is 12.6. The van der Waals surface area contributed by atoms with Crippen molar-refractivity contribution in [3.8, 4) is 22.3 Å². The van der Waals surface area contributed by atoms with E-state index in [1.54, 1.807) is 0 Å². The Bertz CT molecular complexity index is 1290. The fourth-order valence-electron chi connectivity index (χ4n) is 4.74. The van der Waals surface area contributed by atoms with Crippen LogP contribution in [0.5, 0.6) is 0 Å². The Labute approximate surface area is 212 Å². The molecule has 1 aliphatic rings. The van der Waals surface area contributed by atoms with E-state index in [0.29, 0.717) is 31.1 Å². The summed E-state index contributed by atoms with van der Waals surface area (Å²) in [5.74, 6) is 0.407.